The summed E-state index contributed by atoms with van der Waals surface area (Å²) in [6.07, 6.45) is 4.26. The van der Waals surface area contributed by atoms with Crippen molar-refractivity contribution in [3.8, 4) is 0 Å². The number of nitrogens with one attached hydrogen (secondary N) is 3. The lowest BCUT2D eigenvalue weighted by atomic mass is 9.88. The topological polar surface area (TPSA) is 68.3 Å². The Balaban J connectivity index is 0.00000225. The van der Waals surface area contributed by atoms with Crippen molar-refractivity contribution in [2.45, 2.75) is 25.4 Å². The van der Waals surface area contributed by atoms with Gasteiger partial charge >= 0.3 is 0 Å². The van der Waals surface area contributed by atoms with Crippen LogP contribution in [0.5, 0.6) is 0 Å². The molecule has 6 nitrogen and oxygen atoms in total. The van der Waals surface area contributed by atoms with Crippen LogP contribution in [0.1, 0.15) is 29.5 Å². The number of H-pyrrole nitrogens is 1. The highest BCUT2D eigenvalue weighted by molar-refractivity contribution is 14.0. The highest BCUT2D eigenvalue weighted by Crippen LogP contribution is 2.36. The van der Waals surface area contributed by atoms with E-state index in [0.717, 1.165) is 18.2 Å². The minimum Gasteiger partial charge on any atom is -0.356 e. The Labute approximate surface area is 170 Å². The first-order chi connectivity index (χ1) is 11.8. The maximum absolute atomic E-state index is 4.33. The quantitative estimate of drug-likeness (QED) is 0.354. The van der Waals surface area contributed by atoms with Gasteiger partial charge in [0.2, 0.25) is 0 Å². The number of halogens is 1. The molecule has 138 valence electrons. The molecular weight excluding hydrogens is 447 g/mol. The Kier molecular flexibility index (Phi) is 8.17. The van der Waals surface area contributed by atoms with Gasteiger partial charge in [0.15, 0.2) is 5.96 Å². The first kappa shape index (κ1) is 20.2. The first-order valence-corrected chi connectivity index (χ1v) is 9.32. The number of piperidine rings is 1. The van der Waals surface area contributed by atoms with Crippen molar-refractivity contribution in [1.82, 2.24) is 25.7 Å². The highest BCUT2D eigenvalue weighted by Gasteiger charge is 2.31. The van der Waals surface area contributed by atoms with Crippen LogP contribution in [0.4, 0.5) is 0 Å². The number of aliphatic imine (C=N–C) groups is 1. The van der Waals surface area contributed by atoms with Gasteiger partial charge < -0.3 is 10.6 Å². The van der Waals surface area contributed by atoms with Crippen molar-refractivity contribution in [1.29, 1.82) is 0 Å². The molecule has 0 radical (unpaired) electrons. The summed E-state index contributed by atoms with van der Waals surface area (Å²) in [6, 6.07) is 6.87. The standard InChI is InChI=1S/C17H26N6S.HI/c1-18-17(20-12-14-7-8-21-22-14)19-11-13-5-3-9-23(2)16(13)15-6-4-10-24-15;/h4,6-8,10,13,16H,3,5,9,11-12H2,1-2H3,(H,21,22)(H2,18,19,20);1H. The van der Waals surface area contributed by atoms with Crippen LogP contribution in [0.3, 0.4) is 0 Å². The first-order valence-electron chi connectivity index (χ1n) is 8.44. The van der Waals surface area contributed by atoms with Crippen LogP contribution in [-0.2, 0) is 6.54 Å². The summed E-state index contributed by atoms with van der Waals surface area (Å²) in [4.78, 5) is 8.28. The van der Waals surface area contributed by atoms with Gasteiger partial charge in [-0.25, -0.2) is 0 Å². The molecule has 3 rings (SSSR count). The molecule has 2 atom stereocenters. The summed E-state index contributed by atoms with van der Waals surface area (Å²) in [5.41, 5.74) is 1.05. The molecule has 0 bridgehead atoms. The van der Waals surface area contributed by atoms with Crippen molar-refractivity contribution < 1.29 is 0 Å². The predicted molar refractivity (Wildman–Crippen MR) is 115 cm³/mol. The summed E-state index contributed by atoms with van der Waals surface area (Å²) in [5.74, 6) is 1.43. The van der Waals surface area contributed by atoms with Gasteiger partial charge in [-0.15, -0.1) is 35.3 Å². The molecule has 0 aromatic carbocycles. The SMILES string of the molecule is CN=C(NCc1ccn[nH]1)NCC1CCCN(C)C1c1cccs1.I. The third-order valence-corrected chi connectivity index (χ3v) is 5.54. The Hall–Kier alpha value is -1.13. The molecule has 3 heterocycles. The van der Waals surface area contributed by atoms with Crippen LogP contribution in [0.15, 0.2) is 34.8 Å². The molecule has 2 unspecified atom stereocenters. The normalized spacial score (nSPS) is 21.6. The number of guanidine groups is 1. The fourth-order valence-corrected chi connectivity index (χ4v) is 4.38. The second-order valence-electron chi connectivity index (χ2n) is 6.23. The molecule has 0 saturated carbocycles. The fourth-order valence-electron chi connectivity index (χ4n) is 3.39. The highest BCUT2D eigenvalue weighted by atomic mass is 127. The van der Waals surface area contributed by atoms with E-state index >= 15 is 0 Å². The number of hydrogen-bond donors (Lipinski definition) is 3. The number of likely N-dealkylation sites (tertiary alicyclic amines) is 1. The Morgan fingerprint density at radius 2 is 2.32 bits per heavy atom. The minimum atomic E-state index is 0. The molecule has 0 aliphatic carbocycles. The zero-order chi connectivity index (χ0) is 16.8. The van der Waals surface area contributed by atoms with E-state index in [-0.39, 0.29) is 24.0 Å². The van der Waals surface area contributed by atoms with Crippen molar-refractivity contribution >= 4 is 41.3 Å². The van der Waals surface area contributed by atoms with Crippen molar-refractivity contribution in [2.24, 2.45) is 10.9 Å². The van der Waals surface area contributed by atoms with E-state index in [4.69, 9.17) is 0 Å². The van der Waals surface area contributed by atoms with Gasteiger partial charge in [0, 0.05) is 30.7 Å². The van der Waals surface area contributed by atoms with Gasteiger partial charge in [0.05, 0.1) is 12.2 Å². The Morgan fingerprint density at radius 1 is 1.44 bits per heavy atom. The van der Waals surface area contributed by atoms with E-state index < -0.39 is 0 Å². The molecule has 3 N–H and O–H groups in total. The average Bonchev–Trinajstić information content (AvgIpc) is 3.29. The van der Waals surface area contributed by atoms with Gasteiger partial charge in [0.25, 0.3) is 0 Å². The number of rotatable bonds is 5. The number of aromatic amines is 1. The van der Waals surface area contributed by atoms with E-state index in [2.05, 4.69) is 55.3 Å². The van der Waals surface area contributed by atoms with Gasteiger partial charge in [-0.2, -0.15) is 5.10 Å². The molecule has 1 aliphatic rings. The van der Waals surface area contributed by atoms with Gasteiger partial charge in [-0.1, -0.05) is 6.07 Å². The zero-order valence-electron chi connectivity index (χ0n) is 14.7. The van der Waals surface area contributed by atoms with E-state index in [0.29, 0.717) is 18.5 Å². The van der Waals surface area contributed by atoms with Gasteiger partial charge in [-0.05, 0) is 49.9 Å². The largest absolute Gasteiger partial charge is 0.356 e. The van der Waals surface area contributed by atoms with Gasteiger partial charge in [-0.3, -0.25) is 15.0 Å². The van der Waals surface area contributed by atoms with E-state index in [1.165, 1.54) is 24.3 Å². The van der Waals surface area contributed by atoms with Crippen molar-refractivity contribution in [3.63, 3.8) is 0 Å². The maximum atomic E-state index is 4.33. The Bertz CT molecular complexity index is 628. The monoisotopic (exact) mass is 474 g/mol. The maximum Gasteiger partial charge on any atom is 0.191 e. The third kappa shape index (κ3) is 5.42. The Morgan fingerprint density at radius 3 is 3.00 bits per heavy atom. The average molecular weight is 474 g/mol. The van der Waals surface area contributed by atoms with Crippen LogP contribution in [0.25, 0.3) is 0 Å². The summed E-state index contributed by atoms with van der Waals surface area (Å²) in [6.45, 7) is 2.79. The summed E-state index contributed by atoms with van der Waals surface area (Å²) >= 11 is 1.86. The van der Waals surface area contributed by atoms with Crippen LogP contribution in [0.2, 0.25) is 0 Å². The van der Waals surface area contributed by atoms with Crippen molar-refractivity contribution in [3.05, 3.63) is 40.3 Å². The lowest BCUT2D eigenvalue weighted by Gasteiger charge is -2.39. The molecule has 25 heavy (non-hydrogen) atoms. The number of thiophene rings is 1. The number of aromatic nitrogens is 2. The van der Waals surface area contributed by atoms with Crippen LogP contribution in [0, 0.1) is 5.92 Å². The minimum absolute atomic E-state index is 0. The second-order valence-corrected chi connectivity index (χ2v) is 7.21. The van der Waals surface area contributed by atoms with Crippen LogP contribution in [-0.4, -0.2) is 48.2 Å². The van der Waals surface area contributed by atoms with E-state index in [1.54, 1.807) is 6.20 Å². The molecule has 2 aromatic rings. The molecule has 2 aromatic heterocycles. The molecule has 1 saturated heterocycles. The van der Waals surface area contributed by atoms with Gasteiger partial charge in [0.1, 0.15) is 0 Å². The molecule has 1 aliphatic heterocycles. The summed E-state index contributed by atoms with van der Waals surface area (Å²) < 4.78 is 0. The molecule has 0 spiro atoms. The molecule has 0 amide bonds. The second kappa shape index (κ2) is 10.1. The number of hydrogen-bond acceptors (Lipinski definition) is 4. The zero-order valence-corrected chi connectivity index (χ0v) is 17.9. The summed E-state index contributed by atoms with van der Waals surface area (Å²) in [5, 5.41) is 15.9. The molecule has 1 fully saturated rings. The van der Waals surface area contributed by atoms with E-state index in [9.17, 15) is 0 Å². The molecular formula is C17H27IN6S. The number of nitrogens with zero attached hydrogens (tertiary/aromatic N) is 3. The summed E-state index contributed by atoms with van der Waals surface area (Å²) in [7, 11) is 4.05. The lowest BCUT2D eigenvalue weighted by Crippen LogP contribution is -2.44. The lowest BCUT2D eigenvalue weighted by molar-refractivity contribution is 0.125. The van der Waals surface area contributed by atoms with Crippen LogP contribution >= 0.6 is 35.3 Å². The van der Waals surface area contributed by atoms with Crippen LogP contribution < -0.4 is 10.6 Å². The fraction of sp³-hybridized carbons (Fsp3) is 0.529. The smallest absolute Gasteiger partial charge is 0.191 e. The predicted octanol–water partition coefficient (Wildman–Crippen LogP) is 2.84. The molecule has 8 heteroatoms. The van der Waals surface area contributed by atoms with Crippen molar-refractivity contribution in [2.75, 3.05) is 27.2 Å². The van der Waals surface area contributed by atoms with E-state index in [1.807, 2.05) is 24.5 Å². The third-order valence-electron chi connectivity index (χ3n) is 4.60.